The molecule has 2 aromatic rings. The van der Waals surface area contributed by atoms with E-state index in [-0.39, 0.29) is 0 Å². The van der Waals surface area contributed by atoms with E-state index in [0.717, 1.165) is 42.6 Å². The fourth-order valence-corrected chi connectivity index (χ4v) is 2.62. The average molecular weight is 310 g/mol. The Morgan fingerprint density at radius 1 is 1.09 bits per heavy atom. The van der Waals surface area contributed by atoms with E-state index >= 15 is 0 Å². The molecule has 1 aliphatic rings. The summed E-state index contributed by atoms with van der Waals surface area (Å²) in [5.74, 6) is 1.64. The lowest BCUT2D eigenvalue weighted by atomic mass is 9.99. The van der Waals surface area contributed by atoms with Crippen molar-refractivity contribution in [2.24, 2.45) is 0 Å². The summed E-state index contributed by atoms with van der Waals surface area (Å²) in [6, 6.07) is 8.31. The third-order valence-electron chi connectivity index (χ3n) is 4.11. The Kier molecular flexibility index (Phi) is 4.55. The van der Waals surface area contributed by atoms with Crippen LogP contribution in [0.3, 0.4) is 0 Å². The number of aryl methyl sites for hydroxylation is 2. The monoisotopic (exact) mass is 310 g/mol. The SMILES string of the molecule is CCOc1ccc(C2=CCN(c3nnc(C)c(C)n3)CC2)cc1. The van der Waals surface area contributed by atoms with Gasteiger partial charge in [-0.1, -0.05) is 18.2 Å². The van der Waals surface area contributed by atoms with E-state index in [1.54, 1.807) is 0 Å². The van der Waals surface area contributed by atoms with Crippen LogP contribution in [0.25, 0.3) is 5.57 Å². The quantitative estimate of drug-likeness (QED) is 0.868. The van der Waals surface area contributed by atoms with Gasteiger partial charge in [-0.3, -0.25) is 0 Å². The Morgan fingerprint density at radius 2 is 1.87 bits per heavy atom. The minimum Gasteiger partial charge on any atom is -0.494 e. The Bertz CT molecular complexity index is 709. The Hall–Kier alpha value is -2.43. The van der Waals surface area contributed by atoms with Gasteiger partial charge < -0.3 is 9.64 Å². The largest absolute Gasteiger partial charge is 0.494 e. The van der Waals surface area contributed by atoms with Crippen LogP contribution in [0.15, 0.2) is 30.3 Å². The van der Waals surface area contributed by atoms with E-state index in [4.69, 9.17) is 4.74 Å². The van der Waals surface area contributed by atoms with Crippen molar-refractivity contribution in [1.29, 1.82) is 0 Å². The number of nitrogens with zero attached hydrogens (tertiary/aromatic N) is 4. The van der Waals surface area contributed by atoms with Crippen LogP contribution in [0.5, 0.6) is 5.75 Å². The van der Waals surface area contributed by atoms with Gasteiger partial charge in [0, 0.05) is 13.1 Å². The van der Waals surface area contributed by atoms with Crippen molar-refractivity contribution >= 4 is 11.5 Å². The smallest absolute Gasteiger partial charge is 0.245 e. The summed E-state index contributed by atoms with van der Waals surface area (Å²) < 4.78 is 5.49. The lowest BCUT2D eigenvalue weighted by Gasteiger charge is -2.26. The second-order valence-corrected chi connectivity index (χ2v) is 5.67. The van der Waals surface area contributed by atoms with Crippen molar-refractivity contribution in [2.75, 3.05) is 24.6 Å². The molecule has 0 fully saturated rings. The molecule has 0 saturated heterocycles. The predicted molar refractivity (Wildman–Crippen MR) is 91.7 cm³/mol. The van der Waals surface area contributed by atoms with Gasteiger partial charge in [-0.2, -0.15) is 5.10 Å². The van der Waals surface area contributed by atoms with E-state index < -0.39 is 0 Å². The van der Waals surface area contributed by atoms with Gasteiger partial charge in [0.1, 0.15) is 5.75 Å². The van der Waals surface area contributed by atoms with Crippen LogP contribution < -0.4 is 9.64 Å². The maximum atomic E-state index is 5.49. The summed E-state index contributed by atoms with van der Waals surface area (Å²) in [5.41, 5.74) is 4.45. The van der Waals surface area contributed by atoms with Crippen molar-refractivity contribution in [3.63, 3.8) is 0 Å². The van der Waals surface area contributed by atoms with E-state index in [1.165, 1.54) is 11.1 Å². The van der Waals surface area contributed by atoms with Crippen LogP contribution in [0.4, 0.5) is 5.95 Å². The molecule has 2 heterocycles. The number of anilines is 1. The van der Waals surface area contributed by atoms with Gasteiger partial charge >= 0.3 is 0 Å². The summed E-state index contributed by atoms with van der Waals surface area (Å²) in [6.45, 7) is 8.31. The number of hydrogen-bond acceptors (Lipinski definition) is 5. The minimum atomic E-state index is 0.695. The van der Waals surface area contributed by atoms with Crippen LogP contribution in [-0.2, 0) is 0 Å². The highest BCUT2D eigenvalue weighted by Crippen LogP contribution is 2.25. The molecule has 0 aliphatic carbocycles. The number of rotatable bonds is 4. The van der Waals surface area contributed by atoms with Gasteiger partial charge in [-0.05, 0) is 50.5 Å². The molecule has 0 bridgehead atoms. The first-order valence-electron chi connectivity index (χ1n) is 8.02. The van der Waals surface area contributed by atoms with E-state index in [9.17, 15) is 0 Å². The van der Waals surface area contributed by atoms with Crippen molar-refractivity contribution < 1.29 is 4.74 Å². The summed E-state index contributed by atoms with van der Waals surface area (Å²) in [4.78, 5) is 6.70. The average Bonchev–Trinajstić information content (AvgIpc) is 2.59. The maximum Gasteiger partial charge on any atom is 0.245 e. The van der Waals surface area contributed by atoms with Gasteiger partial charge in [0.15, 0.2) is 0 Å². The third kappa shape index (κ3) is 3.50. The molecule has 0 saturated carbocycles. The number of ether oxygens (including phenoxy) is 1. The summed E-state index contributed by atoms with van der Waals surface area (Å²) in [6.07, 6.45) is 3.22. The predicted octanol–water partition coefficient (Wildman–Crippen LogP) is 3.18. The second kappa shape index (κ2) is 6.77. The zero-order chi connectivity index (χ0) is 16.2. The van der Waals surface area contributed by atoms with Crippen molar-refractivity contribution in [3.8, 4) is 5.75 Å². The van der Waals surface area contributed by atoms with Crippen molar-refractivity contribution in [3.05, 3.63) is 47.3 Å². The fraction of sp³-hybridized carbons (Fsp3) is 0.389. The molecule has 1 aromatic heterocycles. The Morgan fingerprint density at radius 3 is 2.48 bits per heavy atom. The van der Waals surface area contributed by atoms with Gasteiger partial charge in [0.2, 0.25) is 5.95 Å². The number of benzene rings is 1. The normalized spacial score (nSPS) is 14.6. The van der Waals surface area contributed by atoms with Crippen molar-refractivity contribution in [1.82, 2.24) is 15.2 Å². The van der Waals surface area contributed by atoms with Gasteiger partial charge in [0.05, 0.1) is 18.0 Å². The van der Waals surface area contributed by atoms with E-state index in [2.05, 4.69) is 38.3 Å². The van der Waals surface area contributed by atoms with E-state index in [1.807, 2.05) is 32.9 Å². The van der Waals surface area contributed by atoms with Crippen LogP contribution in [0.1, 0.15) is 30.3 Å². The van der Waals surface area contributed by atoms with Gasteiger partial charge in [0.25, 0.3) is 0 Å². The molecule has 120 valence electrons. The van der Waals surface area contributed by atoms with Gasteiger partial charge in [-0.15, -0.1) is 5.10 Å². The molecule has 0 N–H and O–H groups in total. The molecule has 0 unspecified atom stereocenters. The first-order valence-corrected chi connectivity index (χ1v) is 8.02. The highest BCUT2D eigenvalue weighted by atomic mass is 16.5. The number of aromatic nitrogens is 3. The standard InChI is InChI=1S/C18H22N4O/c1-4-23-17-7-5-15(6-8-17)16-9-11-22(12-10-16)18-19-13(2)14(3)20-21-18/h5-9H,4,10-12H2,1-3H3. The minimum absolute atomic E-state index is 0.695. The van der Waals surface area contributed by atoms with Crippen LogP contribution in [-0.4, -0.2) is 34.9 Å². The van der Waals surface area contributed by atoms with Crippen molar-refractivity contribution in [2.45, 2.75) is 27.2 Å². The zero-order valence-corrected chi connectivity index (χ0v) is 13.9. The zero-order valence-electron chi connectivity index (χ0n) is 13.9. The van der Waals surface area contributed by atoms with Gasteiger partial charge in [-0.25, -0.2) is 4.98 Å². The summed E-state index contributed by atoms with van der Waals surface area (Å²) in [7, 11) is 0. The van der Waals surface area contributed by atoms with Crippen LogP contribution in [0.2, 0.25) is 0 Å². The lowest BCUT2D eigenvalue weighted by molar-refractivity contribution is 0.340. The fourth-order valence-electron chi connectivity index (χ4n) is 2.62. The molecule has 1 aromatic carbocycles. The molecule has 0 spiro atoms. The molecule has 5 heteroatoms. The number of hydrogen-bond donors (Lipinski definition) is 0. The molecular formula is C18H22N4O. The first kappa shape index (κ1) is 15.5. The van der Waals surface area contributed by atoms with Crippen LogP contribution >= 0.6 is 0 Å². The molecule has 3 rings (SSSR count). The molecule has 1 aliphatic heterocycles. The first-order chi connectivity index (χ1) is 11.2. The Labute approximate surface area is 137 Å². The topological polar surface area (TPSA) is 51.1 Å². The van der Waals surface area contributed by atoms with Crippen LogP contribution in [0, 0.1) is 13.8 Å². The maximum absolute atomic E-state index is 5.49. The lowest BCUT2D eigenvalue weighted by Crippen LogP contribution is -2.30. The molecule has 0 atom stereocenters. The molecule has 23 heavy (non-hydrogen) atoms. The third-order valence-corrected chi connectivity index (χ3v) is 4.11. The molecule has 0 radical (unpaired) electrons. The highest BCUT2D eigenvalue weighted by molar-refractivity contribution is 5.68. The van der Waals surface area contributed by atoms with E-state index in [0.29, 0.717) is 6.61 Å². The second-order valence-electron chi connectivity index (χ2n) is 5.67. The highest BCUT2D eigenvalue weighted by Gasteiger charge is 2.16. The summed E-state index contributed by atoms with van der Waals surface area (Å²) >= 11 is 0. The summed E-state index contributed by atoms with van der Waals surface area (Å²) in [5, 5.41) is 8.38. The molecule has 5 nitrogen and oxygen atoms in total. The Balaban J connectivity index is 1.71. The molecule has 0 amide bonds. The molecular weight excluding hydrogens is 288 g/mol.